The Labute approximate surface area is 121 Å². The van der Waals surface area contributed by atoms with E-state index in [1.807, 2.05) is 0 Å². The average Bonchev–Trinajstić information content (AvgIpc) is 3.16. The highest BCUT2D eigenvalue weighted by atomic mass is 35.5. The van der Waals surface area contributed by atoms with Crippen LogP contribution in [0.3, 0.4) is 0 Å². The molecule has 0 spiro atoms. The van der Waals surface area contributed by atoms with Crippen LogP contribution in [-0.4, -0.2) is 23.7 Å². The quantitative estimate of drug-likeness (QED) is 0.819. The highest BCUT2D eigenvalue weighted by Crippen LogP contribution is 2.35. The Morgan fingerprint density at radius 3 is 2.84 bits per heavy atom. The van der Waals surface area contributed by atoms with Gasteiger partial charge in [0.2, 0.25) is 0 Å². The summed E-state index contributed by atoms with van der Waals surface area (Å²) in [6.07, 6.45) is 1.75. The summed E-state index contributed by atoms with van der Waals surface area (Å²) < 4.78 is 5.44. The molecule has 1 amide bonds. The number of benzene rings is 1. The van der Waals surface area contributed by atoms with Crippen molar-refractivity contribution in [1.82, 2.24) is 0 Å². The minimum Gasteiger partial charge on any atom is -0.504 e. The molecule has 0 radical (unpaired) electrons. The number of halogens is 2. The van der Waals surface area contributed by atoms with E-state index in [1.54, 1.807) is 6.92 Å². The fourth-order valence-electron chi connectivity index (χ4n) is 1.54. The number of hydrogen-bond acceptors (Lipinski definition) is 3. The van der Waals surface area contributed by atoms with Crippen molar-refractivity contribution in [2.24, 2.45) is 5.92 Å². The lowest BCUT2D eigenvalue weighted by Crippen LogP contribution is -2.28. The molecule has 6 heteroatoms. The van der Waals surface area contributed by atoms with Crippen LogP contribution in [0, 0.1) is 5.92 Å². The SMILES string of the molecule is C[C@@H](OCC1CC1)C(=O)Nc1cc(Cl)cc(Cl)c1O. The molecule has 19 heavy (non-hydrogen) atoms. The number of rotatable bonds is 5. The predicted octanol–water partition coefficient (Wildman–Crippen LogP) is 3.45. The van der Waals surface area contributed by atoms with Crippen molar-refractivity contribution in [3.05, 3.63) is 22.2 Å². The Balaban J connectivity index is 1.97. The Morgan fingerprint density at radius 1 is 1.53 bits per heavy atom. The van der Waals surface area contributed by atoms with Gasteiger partial charge in [0, 0.05) is 5.02 Å². The second-order valence-electron chi connectivity index (χ2n) is 4.69. The van der Waals surface area contributed by atoms with E-state index in [1.165, 1.54) is 25.0 Å². The number of phenolic OH excluding ortho intramolecular Hbond substituents is 1. The van der Waals surface area contributed by atoms with Gasteiger partial charge in [0.15, 0.2) is 5.75 Å². The topological polar surface area (TPSA) is 58.6 Å². The summed E-state index contributed by atoms with van der Waals surface area (Å²) >= 11 is 11.6. The molecule has 0 aromatic heterocycles. The van der Waals surface area contributed by atoms with Crippen LogP contribution >= 0.6 is 23.2 Å². The van der Waals surface area contributed by atoms with E-state index in [0.717, 1.165) is 0 Å². The van der Waals surface area contributed by atoms with Crippen LogP contribution in [0.25, 0.3) is 0 Å². The van der Waals surface area contributed by atoms with Gasteiger partial charge in [0.1, 0.15) is 6.10 Å². The smallest absolute Gasteiger partial charge is 0.253 e. The van der Waals surface area contributed by atoms with Gasteiger partial charge in [0.25, 0.3) is 5.91 Å². The van der Waals surface area contributed by atoms with Gasteiger partial charge in [0.05, 0.1) is 17.3 Å². The molecule has 0 saturated heterocycles. The largest absolute Gasteiger partial charge is 0.504 e. The lowest BCUT2D eigenvalue weighted by Gasteiger charge is -2.14. The van der Waals surface area contributed by atoms with Crippen molar-refractivity contribution < 1.29 is 14.6 Å². The number of amides is 1. The Kier molecular flexibility index (Phi) is 4.55. The molecule has 1 aromatic rings. The average molecular weight is 304 g/mol. The number of phenols is 1. The van der Waals surface area contributed by atoms with Gasteiger partial charge in [-0.1, -0.05) is 23.2 Å². The molecule has 1 aromatic carbocycles. The van der Waals surface area contributed by atoms with Gasteiger partial charge in [-0.25, -0.2) is 0 Å². The Bertz CT molecular complexity index is 489. The van der Waals surface area contributed by atoms with E-state index in [9.17, 15) is 9.90 Å². The van der Waals surface area contributed by atoms with E-state index in [2.05, 4.69) is 5.32 Å². The first-order valence-corrected chi connectivity index (χ1v) is 6.83. The van der Waals surface area contributed by atoms with Crippen LogP contribution in [0.5, 0.6) is 5.75 Å². The van der Waals surface area contributed by atoms with Gasteiger partial charge in [-0.05, 0) is 37.8 Å². The molecule has 0 bridgehead atoms. The number of anilines is 1. The second kappa shape index (κ2) is 5.99. The van der Waals surface area contributed by atoms with E-state index in [-0.39, 0.29) is 22.4 Å². The van der Waals surface area contributed by atoms with E-state index < -0.39 is 6.10 Å². The fraction of sp³-hybridized carbons (Fsp3) is 0.462. The summed E-state index contributed by atoms with van der Waals surface area (Å²) in [6, 6.07) is 2.84. The summed E-state index contributed by atoms with van der Waals surface area (Å²) in [4.78, 5) is 11.9. The first-order chi connectivity index (χ1) is 8.97. The Morgan fingerprint density at radius 2 is 2.21 bits per heavy atom. The lowest BCUT2D eigenvalue weighted by molar-refractivity contribution is -0.126. The van der Waals surface area contributed by atoms with Crippen molar-refractivity contribution in [3.8, 4) is 5.75 Å². The fourth-order valence-corrected chi connectivity index (χ4v) is 2.03. The summed E-state index contributed by atoms with van der Waals surface area (Å²) in [5, 5.41) is 12.7. The molecule has 1 aliphatic rings. The molecular formula is C13H15Cl2NO3. The van der Waals surface area contributed by atoms with Crippen molar-refractivity contribution in [1.29, 1.82) is 0 Å². The molecule has 2 N–H and O–H groups in total. The van der Waals surface area contributed by atoms with Gasteiger partial charge < -0.3 is 15.2 Å². The molecule has 1 saturated carbocycles. The summed E-state index contributed by atoms with van der Waals surface area (Å²) in [7, 11) is 0. The van der Waals surface area contributed by atoms with Gasteiger partial charge in [-0.15, -0.1) is 0 Å². The molecule has 4 nitrogen and oxygen atoms in total. The van der Waals surface area contributed by atoms with Crippen molar-refractivity contribution in [2.75, 3.05) is 11.9 Å². The molecule has 0 aliphatic heterocycles. The van der Waals surface area contributed by atoms with Crippen LogP contribution in [0.15, 0.2) is 12.1 Å². The maximum absolute atomic E-state index is 11.9. The van der Waals surface area contributed by atoms with Crippen LogP contribution in [-0.2, 0) is 9.53 Å². The lowest BCUT2D eigenvalue weighted by atomic mass is 10.2. The highest BCUT2D eigenvalue weighted by molar-refractivity contribution is 6.36. The molecule has 104 valence electrons. The van der Waals surface area contributed by atoms with Crippen molar-refractivity contribution in [2.45, 2.75) is 25.9 Å². The third-order valence-electron chi connectivity index (χ3n) is 2.93. The first kappa shape index (κ1) is 14.4. The minimum atomic E-state index is -0.585. The monoisotopic (exact) mass is 303 g/mol. The summed E-state index contributed by atoms with van der Waals surface area (Å²) in [5.74, 6) is 0.0485. The Hall–Kier alpha value is -0.970. The van der Waals surface area contributed by atoms with Crippen LogP contribution in [0.4, 0.5) is 5.69 Å². The van der Waals surface area contributed by atoms with E-state index >= 15 is 0 Å². The minimum absolute atomic E-state index is 0.0920. The first-order valence-electron chi connectivity index (χ1n) is 6.08. The number of hydrogen-bond donors (Lipinski definition) is 2. The van der Waals surface area contributed by atoms with Crippen molar-refractivity contribution in [3.63, 3.8) is 0 Å². The van der Waals surface area contributed by atoms with Gasteiger partial charge in [-0.2, -0.15) is 0 Å². The molecule has 1 aliphatic carbocycles. The highest BCUT2D eigenvalue weighted by Gasteiger charge is 2.24. The number of carbonyl (C=O) groups is 1. The van der Waals surface area contributed by atoms with Crippen molar-refractivity contribution >= 4 is 34.8 Å². The number of carbonyl (C=O) groups excluding carboxylic acids is 1. The summed E-state index contributed by atoms with van der Waals surface area (Å²) in [6.45, 7) is 2.26. The molecule has 2 rings (SSSR count). The molecule has 1 fully saturated rings. The standard InChI is InChI=1S/C13H15Cl2NO3/c1-7(19-6-8-2-3-8)13(18)16-11-5-9(14)4-10(15)12(11)17/h4-5,7-8,17H,2-3,6H2,1H3,(H,16,18)/t7-/m1/s1. The molecule has 0 unspecified atom stereocenters. The zero-order valence-corrected chi connectivity index (χ0v) is 12.0. The number of ether oxygens (including phenoxy) is 1. The van der Waals surface area contributed by atoms with E-state index in [0.29, 0.717) is 17.5 Å². The number of aromatic hydroxyl groups is 1. The van der Waals surface area contributed by atoms with Gasteiger partial charge >= 0.3 is 0 Å². The maximum atomic E-state index is 11.9. The number of nitrogens with one attached hydrogen (secondary N) is 1. The normalized spacial score (nSPS) is 16.2. The maximum Gasteiger partial charge on any atom is 0.253 e. The third kappa shape index (κ3) is 4.00. The third-order valence-corrected chi connectivity index (χ3v) is 3.44. The molecule has 1 atom stereocenters. The van der Waals surface area contributed by atoms with Gasteiger partial charge in [-0.3, -0.25) is 4.79 Å². The molecular weight excluding hydrogens is 289 g/mol. The van der Waals surface area contributed by atoms with Crippen LogP contribution in [0.1, 0.15) is 19.8 Å². The zero-order valence-electron chi connectivity index (χ0n) is 10.5. The zero-order chi connectivity index (χ0) is 14.0. The molecule has 0 heterocycles. The van der Waals surface area contributed by atoms with Crippen LogP contribution in [0.2, 0.25) is 10.0 Å². The second-order valence-corrected chi connectivity index (χ2v) is 5.54. The van der Waals surface area contributed by atoms with Crippen LogP contribution < -0.4 is 5.32 Å². The predicted molar refractivity (Wildman–Crippen MR) is 74.9 cm³/mol. The van der Waals surface area contributed by atoms with E-state index in [4.69, 9.17) is 27.9 Å². The summed E-state index contributed by atoms with van der Waals surface area (Å²) in [5.41, 5.74) is 0.185.